The summed E-state index contributed by atoms with van der Waals surface area (Å²) in [7, 11) is 0. The van der Waals surface area contributed by atoms with Gasteiger partial charge in [0.15, 0.2) is 11.6 Å². The Bertz CT molecular complexity index is 2460. The Kier molecular flexibility index (Phi) is 8.31. The molecule has 286 valence electrons. The van der Waals surface area contributed by atoms with Gasteiger partial charge in [-0.15, -0.1) is 11.3 Å². The van der Waals surface area contributed by atoms with Crippen molar-refractivity contribution in [2.45, 2.75) is 70.0 Å². The molecule has 0 amide bonds. The van der Waals surface area contributed by atoms with Crippen LogP contribution in [0.15, 0.2) is 30.5 Å². The highest BCUT2D eigenvalue weighted by Crippen LogP contribution is 2.69. The molecule has 4 aliphatic rings. The molecule has 3 aliphatic heterocycles. The minimum atomic E-state index is -2.71. The van der Waals surface area contributed by atoms with Crippen LogP contribution in [0.5, 0.6) is 11.8 Å². The second-order valence-electron chi connectivity index (χ2n) is 15.5. The second-order valence-corrected chi connectivity index (χ2v) is 16.9. The van der Waals surface area contributed by atoms with E-state index in [2.05, 4.69) is 26.3 Å². The molecule has 1 aliphatic carbocycles. The number of pyridine rings is 1. The summed E-state index contributed by atoms with van der Waals surface area (Å²) in [6.07, 6.45) is 3.27. The third kappa shape index (κ3) is 5.46. The van der Waals surface area contributed by atoms with Crippen molar-refractivity contribution >= 4 is 60.6 Å². The summed E-state index contributed by atoms with van der Waals surface area (Å²) >= 11 is 8.21. The molecule has 1 saturated carbocycles. The number of nitrogen functional groups attached to an aromatic ring is 1. The van der Waals surface area contributed by atoms with Crippen molar-refractivity contribution in [3.05, 3.63) is 58.2 Å². The third-order valence-electron chi connectivity index (χ3n) is 11.8. The first-order chi connectivity index (χ1) is 26.3. The Balaban J connectivity index is 1.24. The molecular weight excluding hydrogens is 756 g/mol. The van der Waals surface area contributed by atoms with E-state index in [9.17, 15) is 14.0 Å². The fraction of sp³-hybridized carbons (Fsp3) is 0.436. The Morgan fingerprint density at radius 3 is 2.67 bits per heavy atom. The molecule has 2 saturated heterocycles. The Hall–Kier alpha value is -4.65. The van der Waals surface area contributed by atoms with Crippen LogP contribution in [0.2, 0.25) is 5.02 Å². The molecule has 0 radical (unpaired) electrons. The van der Waals surface area contributed by atoms with Crippen molar-refractivity contribution in [1.29, 1.82) is 5.26 Å². The lowest BCUT2D eigenvalue weighted by Crippen LogP contribution is -2.43. The average molecular weight is 793 g/mol. The van der Waals surface area contributed by atoms with Gasteiger partial charge in [0, 0.05) is 41.7 Å². The van der Waals surface area contributed by atoms with E-state index in [1.807, 2.05) is 31.7 Å². The summed E-state index contributed by atoms with van der Waals surface area (Å²) in [6.45, 7) is 7.11. The number of rotatable bonds is 8. The number of nitrogens with zero attached hydrogens (tertiary/aromatic N) is 6. The maximum atomic E-state index is 17.6. The number of halogens is 5. The van der Waals surface area contributed by atoms with E-state index >= 15 is 8.78 Å². The number of fused-ring (bicyclic) bond motifs is 2. The summed E-state index contributed by atoms with van der Waals surface area (Å²) in [5, 5.41) is 14.3. The van der Waals surface area contributed by atoms with E-state index in [-0.39, 0.29) is 92.5 Å². The molecule has 16 heteroatoms. The molecule has 3 fully saturated rings. The van der Waals surface area contributed by atoms with Gasteiger partial charge in [0.2, 0.25) is 0 Å². The van der Waals surface area contributed by atoms with Crippen molar-refractivity contribution in [2.75, 3.05) is 48.8 Å². The fourth-order valence-electron chi connectivity index (χ4n) is 9.06. The number of ether oxygens (including phenoxy) is 2. The van der Waals surface area contributed by atoms with Gasteiger partial charge < -0.3 is 25.4 Å². The maximum Gasteiger partial charge on any atom is 0.319 e. The summed E-state index contributed by atoms with van der Waals surface area (Å²) in [5.41, 5.74) is 5.39. The van der Waals surface area contributed by atoms with Gasteiger partial charge in [0.1, 0.15) is 47.3 Å². The van der Waals surface area contributed by atoms with E-state index in [1.54, 1.807) is 12.3 Å². The number of thiophene rings is 1. The lowest BCUT2D eigenvalue weighted by atomic mass is 9.89. The van der Waals surface area contributed by atoms with Crippen LogP contribution in [-0.4, -0.2) is 70.2 Å². The number of nitrogens with two attached hydrogens (primary N) is 1. The second kappa shape index (κ2) is 12.7. The topological polar surface area (TPSA) is 125 Å². The van der Waals surface area contributed by atoms with E-state index in [0.717, 1.165) is 17.8 Å². The molecular formula is C39H37ClF4N8O2S. The first-order valence-electron chi connectivity index (χ1n) is 18.3. The number of aromatic nitrogens is 3. The van der Waals surface area contributed by atoms with Gasteiger partial charge in [-0.1, -0.05) is 23.7 Å². The largest absolute Gasteiger partial charge is 0.489 e. The van der Waals surface area contributed by atoms with Gasteiger partial charge in [-0.05, 0) is 64.3 Å². The van der Waals surface area contributed by atoms with Crippen molar-refractivity contribution in [3.8, 4) is 29.0 Å². The Morgan fingerprint density at radius 2 is 1.95 bits per heavy atom. The highest BCUT2D eigenvalue weighted by atomic mass is 35.5. The summed E-state index contributed by atoms with van der Waals surface area (Å²) in [4.78, 5) is 17.8. The lowest BCUT2D eigenvalue weighted by Gasteiger charge is -2.32. The van der Waals surface area contributed by atoms with Crippen LogP contribution in [0.3, 0.4) is 0 Å². The molecule has 1 spiro atoms. The van der Waals surface area contributed by atoms with Gasteiger partial charge in [-0.3, -0.25) is 4.90 Å². The molecule has 9 rings (SSSR count). The predicted molar refractivity (Wildman–Crippen MR) is 204 cm³/mol. The molecule has 5 aromatic rings. The summed E-state index contributed by atoms with van der Waals surface area (Å²) < 4.78 is 75.1. The van der Waals surface area contributed by atoms with Crippen molar-refractivity contribution in [2.24, 2.45) is 5.41 Å². The predicted octanol–water partition coefficient (Wildman–Crippen LogP) is 8.71. The number of nitrogens with one attached hydrogen (secondary N) is 1. The van der Waals surface area contributed by atoms with Crippen LogP contribution in [0, 0.1) is 28.4 Å². The number of hydrogen-bond donors (Lipinski definition) is 2. The SMILES string of the molecule is CC(C)Nc1sc2c(F)ccc(-c3c(Cl)c4c5c(nc(OCC67CCCN6CC6(C7)CC6(F)F)nc5c3F)N(C(C)c3cccnc3N)CCO4)c2c1C#N. The van der Waals surface area contributed by atoms with Crippen LogP contribution in [0.1, 0.15) is 63.6 Å². The van der Waals surface area contributed by atoms with Crippen molar-refractivity contribution < 1.29 is 27.0 Å². The minimum Gasteiger partial charge on any atom is -0.489 e. The molecule has 10 nitrogen and oxygen atoms in total. The Labute approximate surface area is 323 Å². The van der Waals surface area contributed by atoms with E-state index in [4.69, 9.17) is 31.8 Å². The number of benzene rings is 2. The molecule has 3 N–H and O–H groups in total. The monoisotopic (exact) mass is 792 g/mol. The molecule has 6 heterocycles. The number of hydrogen-bond acceptors (Lipinski definition) is 11. The number of alkyl halides is 2. The van der Waals surface area contributed by atoms with Gasteiger partial charge in [-0.2, -0.15) is 15.2 Å². The number of nitriles is 1. The van der Waals surface area contributed by atoms with Crippen LogP contribution in [0.4, 0.5) is 34.2 Å². The maximum absolute atomic E-state index is 17.6. The van der Waals surface area contributed by atoms with E-state index < -0.39 is 34.6 Å². The van der Waals surface area contributed by atoms with Gasteiger partial charge in [0.25, 0.3) is 5.92 Å². The molecule has 2 aromatic carbocycles. The molecule has 3 atom stereocenters. The minimum absolute atomic E-state index is 0.0386. The zero-order chi connectivity index (χ0) is 38.6. The first kappa shape index (κ1) is 36.0. The normalized spacial score (nSPS) is 23.2. The number of anilines is 3. The summed E-state index contributed by atoms with van der Waals surface area (Å²) in [6, 6.07) is 7.78. The van der Waals surface area contributed by atoms with Gasteiger partial charge in [-0.25, -0.2) is 22.5 Å². The molecule has 3 unspecified atom stereocenters. The Morgan fingerprint density at radius 1 is 1.15 bits per heavy atom. The van der Waals surface area contributed by atoms with E-state index in [0.29, 0.717) is 42.3 Å². The zero-order valence-corrected chi connectivity index (χ0v) is 31.9. The van der Waals surface area contributed by atoms with E-state index in [1.165, 1.54) is 12.1 Å². The highest BCUT2D eigenvalue weighted by Gasteiger charge is 2.77. The first-order valence-corrected chi connectivity index (χ1v) is 19.5. The standard InChI is InChI=1S/C39H37ClF4N8O2S/c1-19(2)48-35-23(14-45)25-22(7-8-24(41)32(25)55-35)26-28(40)31-27-30(29(26)42)49-36(54-18-38-9-5-11-51(38)17-37(15-38)16-39(37,43)44)50-34(27)52(12-13-53-31)20(3)21-6-4-10-47-33(21)46/h4,6-8,10,19-20,48H,5,9,11-13,15-18H2,1-3H3,(H2,46,47). The van der Waals surface area contributed by atoms with Crippen molar-refractivity contribution in [3.63, 3.8) is 0 Å². The third-order valence-corrected chi connectivity index (χ3v) is 13.2. The van der Waals surface area contributed by atoms with Gasteiger partial charge >= 0.3 is 6.01 Å². The van der Waals surface area contributed by atoms with Gasteiger partial charge in [0.05, 0.1) is 44.2 Å². The molecule has 3 aromatic heterocycles. The van der Waals surface area contributed by atoms with Crippen LogP contribution >= 0.6 is 22.9 Å². The smallest absolute Gasteiger partial charge is 0.319 e. The zero-order valence-electron chi connectivity index (χ0n) is 30.3. The lowest BCUT2D eigenvalue weighted by molar-refractivity contribution is 0.0647. The highest BCUT2D eigenvalue weighted by molar-refractivity contribution is 7.23. The molecule has 0 bridgehead atoms. The van der Waals surface area contributed by atoms with Crippen LogP contribution in [0.25, 0.3) is 32.1 Å². The average Bonchev–Trinajstić information content (AvgIpc) is 3.40. The van der Waals surface area contributed by atoms with Crippen LogP contribution in [-0.2, 0) is 0 Å². The summed E-state index contributed by atoms with van der Waals surface area (Å²) in [5.74, 6) is -3.43. The fourth-order valence-corrected chi connectivity index (χ4v) is 10.6. The molecule has 55 heavy (non-hydrogen) atoms. The quantitative estimate of drug-likeness (QED) is 0.148. The van der Waals surface area contributed by atoms with Crippen LogP contribution < -0.4 is 25.4 Å². The van der Waals surface area contributed by atoms with Crippen molar-refractivity contribution in [1.82, 2.24) is 19.9 Å².